The fourth-order valence-corrected chi connectivity index (χ4v) is 7.69. The van der Waals surface area contributed by atoms with Gasteiger partial charge in [-0.3, -0.25) is 18.7 Å². The molecule has 0 spiro atoms. The van der Waals surface area contributed by atoms with E-state index >= 15 is 0 Å². The molecule has 44 heavy (non-hydrogen) atoms. The normalized spacial score (nSPS) is 17.1. The summed E-state index contributed by atoms with van der Waals surface area (Å²) in [7, 11) is -2.41. The van der Waals surface area contributed by atoms with Crippen LogP contribution in [-0.2, 0) is 38.9 Å². The molecular weight excluding hydrogens is 621 g/mol. The SMILES string of the molecule is CN(C)S(=O)c1cc(F)ccc1CNC(=O)c1nc2n(CC(=O)N3CCCCC3)cc(N3CCCS3(=O)=O)n2c(=O)c1O.O. The largest absolute Gasteiger partial charge is 0.501 e. The topological polar surface area (TPSA) is 198 Å². The molecule has 1 atom stereocenters. The molecule has 2 aromatic heterocycles. The van der Waals surface area contributed by atoms with Gasteiger partial charge in [-0.25, -0.2) is 30.7 Å². The fourth-order valence-electron chi connectivity index (χ4n) is 5.18. The Labute approximate surface area is 254 Å². The van der Waals surface area contributed by atoms with Crippen LogP contribution in [-0.4, -0.2) is 97.7 Å². The van der Waals surface area contributed by atoms with Crippen LogP contribution >= 0.6 is 0 Å². The fraction of sp³-hybridized carbons (Fsp3) is 0.462. The molecule has 4 heterocycles. The van der Waals surface area contributed by atoms with Crippen molar-refractivity contribution in [1.29, 1.82) is 0 Å². The zero-order valence-corrected chi connectivity index (χ0v) is 25.8. The number of nitrogens with zero attached hydrogens (tertiary/aromatic N) is 6. The molecule has 18 heteroatoms. The summed E-state index contributed by atoms with van der Waals surface area (Å²) in [6, 6.07) is 3.59. The van der Waals surface area contributed by atoms with E-state index in [0.29, 0.717) is 25.1 Å². The van der Waals surface area contributed by atoms with Gasteiger partial charge < -0.3 is 25.4 Å². The third kappa shape index (κ3) is 6.33. The number of halogens is 1. The predicted molar refractivity (Wildman–Crippen MR) is 159 cm³/mol. The number of aromatic hydroxyl groups is 1. The van der Waals surface area contributed by atoms with E-state index in [2.05, 4.69) is 10.3 Å². The second kappa shape index (κ2) is 13.0. The summed E-state index contributed by atoms with van der Waals surface area (Å²) in [4.78, 5) is 45.8. The van der Waals surface area contributed by atoms with Crippen LogP contribution in [0.4, 0.5) is 10.2 Å². The molecule has 2 fully saturated rings. The van der Waals surface area contributed by atoms with Gasteiger partial charge in [-0.05, 0) is 57.5 Å². The summed E-state index contributed by atoms with van der Waals surface area (Å²) in [5, 5.41) is 13.3. The molecule has 2 aliphatic heterocycles. The monoisotopic (exact) mass is 655 g/mol. The Kier molecular flexibility index (Phi) is 9.77. The third-order valence-electron chi connectivity index (χ3n) is 7.37. The van der Waals surface area contributed by atoms with Gasteiger partial charge in [-0.1, -0.05) is 6.07 Å². The minimum absolute atomic E-state index is 0. The number of aromatic nitrogens is 3. The van der Waals surface area contributed by atoms with Crippen molar-refractivity contribution in [2.75, 3.05) is 43.8 Å². The molecule has 1 unspecified atom stereocenters. The van der Waals surface area contributed by atoms with E-state index in [1.807, 2.05) is 0 Å². The second-order valence-electron chi connectivity index (χ2n) is 10.5. The zero-order chi connectivity index (χ0) is 31.1. The van der Waals surface area contributed by atoms with Gasteiger partial charge in [0.15, 0.2) is 5.69 Å². The van der Waals surface area contributed by atoms with Crippen molar-refractivity contribution < 1.29 is 37.2 Å². The van der Waals surface area contributed by atoms with Gasteiger partial charge in [0.2, 0.25) is 27.5 Å². The van der Waals surface area contributed by atoms with Crippen molar-refractivity contribution in [3.8, 4) is 5.75 Å². The first-order valence-corrected chi connectivity index (χ1v) is 16.4. The number of benzene rings is 1. The average molecular weight is 656 g/mol. The highest BCUT2D eigenvalue weighted by Crippen LogP contribution is 2.27. The lowest BCUT2D eigenvalue weighted by molar-refractivity contribution is -0.132. The van der Waals surface area contributed by atoms with E-state index in [9.17, 15) is 36.5 Å². The molecule has 0 bridgehead atoms. The van der Waals surface area contributed by atoms with Crippen molar-refractivity contribution in [1.82, 2.24) is 28.5 Å². The average Bonchev–Trinajstić information content (AvgIpc) is 3.52. The van der Waals surface area contributed by atoms with Crippen molar-refractivity contribution in [3.05, 3.63) is 51.8 Å². The molecule has 3 aromatic rings. The van der Waals surface area contributed by atoms with E-state index in [-0.39, 0.29) is 53.3 Å². The van der Waals surface area contributed by atoms with E-state index in [1.165, 1.54) is 21.1 Å². The van der Waals surface area contributed by atoms with Gasteiger partial charge in [-0.2, -0.15) is 0 Å². The molecule has 15 nitrogen and oxygen atoms in total. The number of hydrogen-bond donors (Lipinski definition) is 2. The van der Waals surface area contributed by atoms with Crippen molar-refractivity contribution in [3.63, 3.8) is 0 Å². The molecule has 0 radical (unpaired) electrons. The first-order chi connectivity index (χ1) is 20.4. The maximum atomic E-state index is 13.9. The molecule has 2 saturated heterocycles. The lowest BCUT2D eigenvalue weighted by atomic mass is 10.1. The third-order valence-corrected chi connectivity index (χ3v) is 10.6. The minimum atomic E-state index is -3.76. The minimum Gasteiger partial charge on any atom is -0.501 e. The van der Waals surface area contributed by atoms with Crippen molar-refractivity contribution in [2.24, 2.45) is 0 Å². The summed E-state index contributed by atoms with van der Waals surface area (Å²) in [6.45, 7) is 0.713. The van der Waals surface area contributed by atoms with Gasteiger partial charge in [0.1, 0.15) is 29.2 Å². The van der Waals surface area contributed by atoms with E-state index in [0.717, 1.165) is 40.1 Å². The Bertz CT molecular complexity index is 1780. The number of likely N-dealkylation sites (tertiary alicyclic amines) is 1. The number of nitrogens with one attached hydrogen (secondary N) is 1. The molecular formula is C26H34FN7O8S2. The number of hydrogen-bond acceptors (Lipinski definition) is 8. The molecule has 4 N–H and O–H groups in total. The Hall–Kier alpha value is -3.87. The van der Waals surface area contributed by atoms with Crippen LogP contribution in [0.15, 0.2) is 34.1 Å². The molecule has 2 aliphatic rings. The quantitative estimate of drug-likeness (QED) is 0.326. The number of imidazole rings is 1. The second-order valence-corrected chi connectivity index (χ2v) is 14.2. The summed E-state index contributed by atoms with van der Waals surface area (Å²) in [5.74, 6) is -3.30. The highest BCUT2D eigenvalue weighted by atomic mass is 32.2. The van der Waals surface area contributed by atoms with Crippen molar-refractivity contribution in [2.45, 2.75) is 43.7 Å². The Morgan fingerprint density at radius 2 is 1.84 bits per heavy atom. The van der Waals surface area contributed by atoms with Crippen LogP contribution in [0.25, 0.3) is 5.78 Å². The number of piperidine rings is 1. The molecule has 5 rings (SSSR count). The number of amides is 2. The van der Waals surface area contributed by atoms with Crippen LogP contribution in [0.2, 0.25) is 0 Å². The summed E-state index contributed by atoms with van der Waals surface area (Å²) < 4.78 is 56.6. The smallest absolute Gasteiger partial charge is 0.303 e. The Morgan fingerprint density at radius 3 is 2.48 bits per heavy atom. The predicted octanol–water partition coefficient (Wildman–Crippen LogP) is -0.417. The standard InChI is InChI=1S/C26H32FN7O7S2.H2O/c1-30(2)42(39)19-13-18(27)8-7-17(19)14-28-24(37)22-23(36)25(38)34-20(33-11-6-12-43(33,40)41)15-32(26(34)29-22)16-21(35)31-9-4-3-5-10-31;/h7-8,13,15,36H,3-6,9-12,14,16H2,1-2H3,(H,28,37);1H2. The van der Waals surface area contributed by atoms with Crippen LogP contribution < -0.4 is 15.2 Å². The molecule has 0 aliphatic carbocycles. The number of anilines is 1. The summed E-state index contributed by atoms with van der Waals surface area (Å²) >= 11 is 0. The van der Waals surface area contributed by atoms with Crippen LogP contribution in [0, 0.1) is 5.82 Å². The van der Waals surface area contributed by atoms with Crippen molar-refractivity contribution >= 4 is 44.4 Å². The van der Waals surface area contributed by atoms with Crippen LogP contribution in [0.1, 0.15) is 41.7 Å². The first kappa shape index (κ1) is 33.0. The number of carbonyl (C=O) groups is 2. The summed E-state index contributed by atoms with van der Waals surface area (Å²) in [6.07, 6.45) is 4.34. The highest BCUT2D eigenvalue weighted by Gasteiger charge is 2.34. The number of carbonyl (C=O) groups excluding carboxylic acids is 2. The lowest BCUT2D eigenvalue weighted by Crippen LogP contribution is -2.37. The Balaban J connectivity index is 0.00000442. The first-order valence-electron chi connectivity index (χ1n) is 13.7. The number of rotatable bonds is 8. The van der Waals surface area contributed by atoms with E-state index in [1.54, 1.807) is 19.0 Å². The van der Waals surface area contributed by atoms with Gasteiger partial charge in [0.25, 0.3) is 5.91 Å². The maximum Gasteiger partial charge on any atom is 0.303 e. The van der Waals surface area contributed by atoms with Crippen LogP contribution in [0.5, 0.6) is 5.75 Å². The van der Waals surface area contributed by atoms with Gasteiger partial charge in [-0.15, -0.1) is 0 Å². The molecule has 240 valence electrons. The lowest BCUT2D eigenvalue weighted by Gasteiger charge is -2.26. The summed E-state index contributed by atoms with van der Waals surface area (Å²) in [5.41, 5.74) is -1.41. The highest BCUT2D eigenvalue weighted by molar-refractivity contribution is 7.93. The maximum absolute atomic E-state index is 13.9. The van der Waals surface area contributed by atoms with Gasteiger partial charge in [0.05, 0.1) is 16.8 Å². The van der Waals surface area contributed by atoms with Gasteiger partial charge >= 0.3 is 5.56 Å². The molecule has 2 amide bonds. The number of sulfonamides is 1. The molecule has 0 saturated carbocycles. The zero-order valence-electron chi connectivity index (χ0n) is 24.2. The molecule has 1 aromatic carbocycles. The van der Waals surface area contributed by atoms with E-state index in [4.69, 9.17) is 0 Å². The van der Waals surface area contributed by atoms with E-state index < -0.39 is 49.7 Å². The Morgan fingerprint density at radius 1 is 1.14 bits per heavy atom. The van der Waals surface area contributed by atoms with Crippen LogP contribution in [0.3, 0.4) is 0 Å². The number of fused-ring (bicyclic) bond motifs is 1. The van der Waals surface area contributed by atoms with Gasteiger partial charge in [0, 0.05) is 26.2 Å².